The number of hydrogen-bond donors (Lipinski definition) is 2. The second-order valence-corrected chi connectivity index (χ2v) is 4.14. The maximum absolute atomic E-state index is 9.27. The van der Waals surface area contributed by atoms with Crippen molar-refractivity contribution in [2.45, 2.75) is 4.90 Å². The van der Waals surface area contributed by atoms with E-state index in [1.807, 2.05) is 0 Å². The third-order valence-corrected chi connectivity index (χ3v) is 3.28. The van der Waals surface area contributed by atoms with Crippen molar-refractivity contribution in [2.24, 2.45) is 0 Å². The summed E-state index contributed by atoms with van der Waals surface area (Å²) in [6, 6.07) is 7.02. The van der Waals surface area contributed by atoms with Gasteiger partial charge in [0.05, 0.1) is 0 Å². The number of fused-ring (bicyclic) bond motifs is 1. The van der Waals surface area contributed by atoms with Gasteiger partial charge < -0.3 is 5.11 Å². The molecule has 0 bridgehead atoms. The summed E-state index contributed by atoms with van der Waals surface area (Å²) in [5, 5.41) is 18.8. The van der Waals surface area contributed by atoms with Crippen molar-refractivity contribution < 1.29 is 5.11 Å². The number of phenols is 1. The van der Waals surface area contributed by atoms with Crippen LogP contribution in [-0.4, -0.2) is 5.11 Å². The Bertz CT molecular complexity index is 510. The molecule has 0 spiro atoms. The van der Waals surface area contributed by atoms with E-state index in [0.717, 1.165) is 10.1 Å². The van der Waals surface area contributed by atoms with Crippen LogP contribution < -0.4 is 0 Å². The van der Waals surface area contributed by atoms with Crippen molar-refractivity contribution in [1.29, 1.82) is 5.26 Å². The topological polar surface area (TPSA) is 44.0 Å². The van der Waals surface area contributed by atoms with Gasteiger partial charge in [-0.3, -0.25) is 0 Å². The second-order valence-electron chi connectivity index (χ2n) is 2.61. The third kappa shape index (κ3) is 1.37. The van der Waals surface area contributed by atoms with Crippen LogP contribution in [0, 0.1) is 11.3 Å². The number of thiol groups is 1. The molecule has 1 aromatic carbocycles. The van der Waals surface area contributed by atoms with Gasteiger partial charge in [-0.15, -0.1) is 24.0 Å². The van der Waals surface area contributed by atoms with Crippen LogP contribution in [0.3, 0.4) is 0 Å². The Labute approximate surface area is 84.5 Å². The van der Waals surface area contributed by atoms with Crippen LogP contribution in [0.2, 0.25) is 0 Å². The van der Waals surface area contributed by atoms with E-state index in [9.17, 15) is 5.11 Å². The van der Waals surface area contributed by atoms with Gasteiger partial charge in [0, 0.05) is 9.60 Å². The Kier molecular flexibility index (Phi) is 1.91. The van der Waals surface area contributed by atoms with E-state index in [4.69, 9.17) is 5.26 Å². The number of hydrogen-bond acceptors (Lipinski definition) is 4. The highest BCUT2D eigenvalue weighted by Crippen LogP contribution is 2.33. The van der Waals surface area contributed by atoms with Gasteiger partial charge in [-0.2, -0.15) is 5.26 Å². The van der Waals surface area contributed by atoms with Gasteiger partial charge in [0.15, 0.2) is 0 Å². The van der Waals surface area contributed by atoms with Crippen molar-refractivity contribution in [3.05, 3.63) is 23.1 Å². The molecule has 64 valence electrons. The number of nitrogens with zero attached hydrogens (tertiary/aromatic N) is 1. The van der Waals surface area contributed by atoms with Gasteiger partial charge in [0.1, 0.15) is 16.7 Å². The zero-order valence-corrected chi connectivity index (χ0v) is 8.19. The fraction of sp³-hybridized carbons (Fsp3) is 0. The Morgan fingerprint density at radius 1 is 1.38 bits per heavy atom. The molecule has 1 aromatic heterocycles. The number of nitriles is 1. The smallest absolute Gasteiger partial charge is 0.117 e. The Hall–Kier alpha value is -1.18. The SMILES string of the molecule is N#Cc1cc2cc(O)cc(S)c2s1. The Morgan fingerprint density at radius 3 is 2.85 bits per heavy atom. The van der Waals surface area contributed by atoms with Gasteiger partial charge in [-0.05, 0) is 23.6 Å². The van der Waals surface area contributed by atoms with E-state index in [1.165, 1.54) is 11.3 Å². The van der Waals surface area contributed by atoms with Gasteiger partial charge in [0.2, 0.25) is 0 Å². The normalized spacial score (nSPS) is 10.2. The van der Waals surface area contributed by atoms with Gasteiger partial charge >= 0.3 is 0 Å². The number of phenolic OH excluding ortho intramolecular Hbond substituents is 1. The third-order valence-electron chi connectivity index (χ3n) is 1.69. The number of thiophene rings is 1. The summed E-state index contributed by atoms with van der Waals surface area (Å²) in [5.74, 6) is 0.180. The highest BCUT2D eigenvalue weighted by molar-refractivity contribution is 7.80. The van der Waals surface area contributed by atoms with Crippen LogP contribution >= 0.6 is 24.0 Å². The van der Waals surface area contributed by atoms with Gasteiger partial charge in [0.25, 0.3) is 0 Å². The van der Waals surface area contributed by atoms with Gasteiger partial charge in [-0.25, -0.2) is 0 Å². The Morgan fingerprint density at radius 2 is 2.15 bits per heavy atom. The van der Waals surface area contributed by atoms with E-state index in [-0.39, 0.29) is 5.75 Å². The first-order chi connectivity index (χ1) is 6.20. The molecule has 4 heteroatoms. The van der Waals surface area contributed by atoms with Crippen LogP contribution in [0.25, 0.3) is 10.1 Å². The quantitative estimate of drug-likeness (QED) is 0.652. The average Bonchev–Trinajstić information content (AvgIpc) is 2.47. The lowest BCUT2D eigenvalue weighted by molar-refractivity contribution is 0.475. The summed E-state index contributed by atoms with van der Waals surface area (Å²) in [7, 11) is 0. The molecule has 0 fully saturated rings. The number of rotatable bonds is 0. The standard InChI is InChI=1S/C9H5NOS2/c10-4-7-2-5-1-6(11)3-8(12)9(5)13-7/h1-3,11-12H. The van der Waals surface area contributed by atoms with Crippen LogP contribution in [0.4, 0.5) is 0 Å². The molecular weight excluding hydrogens is 202 g/mol. The fourth-order valence-electron chi connectivity index (χ4n) is 1.17. The van der Waals surface area contributed by atoms with E-state index in [0.29, 0.717) is 9.77 Å². The minimum Gasteiger partial charge on any atom is -0.508 e. The molecule has 13 heavy (non-hydrogen) atoms. The fourth-order valence-corrected chi connectivity index (χ4v) is 2.42. The largest absolute Gasteiger partial charge is 0.508 e. The van der Waals surface area contributed by atoms with Crippen LogP contribution in [0.5, 0.6) is 5.75 Å². The first-order valence-corrected chi connectivity index (χ1v) is 4.82. The number of aromatic hydroxyl groups is 1. The molecule has 1 heterocycles. The molecule has 0 radical (unpaired) electrons. The highest BCUT2D eigenvalue weighted by Gasteiger charge is 2.05. The lowest BCUT2D eigenvalue weighted by Crippen LogP contribution is -1.67. The van der Waals surface area contributed by atoms with Crippen molar-refractivity contribution >= 4 is 34.1 Å². The molecule has 1 N–H and O–H groups in total. The molecule has 0 aliphatic carbocycles. The van der Waals surface area contributed by atoms with E-state index >= 15 is 0 Å². The van der Waals surface area contributed by atoms with E-state index < -0.39 is 0 Å². The van der Waals surface area contributed by atoms with Crippen LogP contribution in [0.1, 0.15) is 4.88 Å². The number of benzene rings is 1. The maximum atomic E-state index is 9.27. The maximum Gasteiger partial charge on any atom is 0.117 e. The van der Waals surface area contributed by atoms with Crippen molar-refractivity contribution in [3.8, 4) is 11.8 Å². The molecule has 0 saturated heterocycles. The average molecular weight is 207 g/mol. The zero-order chi connectivity index (χ0) is 9.42. The second kappa shape index (κ2) is 2.95. The minimum absolute atomic E-state index is 0.180. The molecule has 0 amide bonds. The lowest BCUT2D eigenvalue weighted by atomic mass is 10.2. The summed E-state index contributed by atoms with van der Waals surface area (Å²) in [6.07, 6.45) is 0. The molecule has 0 aliphatic rings. The highest BCUT2D eigenvalue weighted by atomic mass is 32.1. The predicted molar refractivity (Wildman–Crippen MR) is 55.5 cm³/mol. The minimum atomic E-state index is 0.180. The van der Waals surface area contributed by atoms with E-state index in [1.54, 1.807) is 18.2 Å². The van der Waals surface area contributed by atoms with E-state index in [2.05, 4.69) is 18.7 Å². The summed E-state index contributed by atoms with van der Waals surface area (Å²) in [5.41, 5.74) is 0. The molecule has 2 aromatic rings. The molecule has 0 unspecified atom stereocenters. The summed E-state index contributed by atoms with van der Waals surface area (Å²) < 4.78 is 0.942. The zero-order valence-electron chi connectivity index (χ0n) is 6.48. The predicted octanol–water partition coefficient (Wildman–Crippen LogP) is 2.77. The first kappa shape index (κ1) is 8.42. The van der Waals surface area contributed by atoms with Crippen molar-refractivity contribution in [3.63, 3.8) is 0 Å². The van der Waals surface area contributed by atoms with Crippen molar-refractivity contribution in [1.82, 2.24) is 0 Å². The van der Waals surface area contributed by atoms with Crippen molar-refractivity contribution in [2.75, 3.05) is 0 Å². The van der Waals surface area contributed by atoms with Crippen LogP contribution in [0.15, 0.2) is 23.1 Å². The summed E-state index contributed by atoms with van der Waals surface area (Å²) in [6.45, 7) is 0. The summed E-state index contributed by atoms with van der Waals surface area (Å²) in [4.78, 5) is 1.34. The molecule has 2 nitrogen and oxygen atoms in total. The molecular formula is C9H5NOS2. The molecule has 0 atom stereocenters. The van der Waals surface area contributed by atoms with Gasteiger partial charge in [-0.1, -0.05) is 0 Å². The summed E-state index contributed by atoms with van der Waals surface area (Å²) >= 11 is 5.60. The molecule has 2 rings (SSSR count). The monoisotopic (exact) mass is 207 g/mol. The first-order valence-electron chi connectivity index (χ1n) is 3.56. The van der Waals surface area contributed by atoms with Crippen LogP contribution in [-0.2, 0) is 0 Å². The lowest BCUT2D eigenvalue weighted by Gasteiger charge is -1.95. The Balaban J connectivity index is 2.84. The molecule has 0 aliphatic heterocycles. The molecule has 0 saturated carbocycles.